The molecule has 5 nitrogen and oxygen atoms in total. The van der Waals surface area contributed by atoms with Crippen molar-refractivity contribution in [3.63, 3.8) is 0 Å². The topological polar surface area (TPSA) is 71.3 Å². The highest BCUT2D eigenvalue weighted by Gasteiger charge is 2.12. The zero-order valence-corrected chi connectivity index (χ0v) is 12.3. The molecular formula is C14H13BrN2O3. The van der Waals surface area contributed by atoms with Crippen molar-refractivity contribution in [3.05, 3.63) is 52.3 Å². The Morgan fingerprint density at radius 2 is 2.10 bits per heavy atom. The fraction of sp³-hybridized carbons (Fsp3) is 0.143. The standard InChI is InChI=1S/C14H13BrN2O3/c1-2-17-5-3-4-12(17)13(18)16-11-7-9(14(19)20)6-10(15)8-11/h3-8H,2H2,1H3,(H,16,18)(H,19,20). The molecule has 1 aromatic heterocycles. The summed E-state index contributed by atoms with van der Waals surface area (Å²) in [6, 6.07) is 8.07. The molecule has 0 aliphatic carbocycles. The third-order valence-electron chi connectivity index (χ3n) is 2.81. The van der Waals surface area contributed by atoms with Crippen molar-refractivity contribution in [3.8, 4) is 0 Å². The second kappa shape index (κ2) is 5.92. The molecule has 0 bridgehead atoms. The van der Waals surface area contributed by atoms with Gasteiger partial charge in [0.25, 0.3) is 5.91 Å². The summed E-state index contributed by atoms with van der Waals surface area (Å²) in [4.78, 5) is 23.1. The summed E-state index contributed by atoms with van der Waals surface area (Å²) in [5, 5.41) is 11.7. The number of hydrogen-bond acceptors (Lipinski definition) is 2. The van der Waals surface area contributed by atoms with Gasteiger partial charge in [-0.15, -0.1) is 0 Å². The number of hydrogen-bond donors (Lipinski definition) is 2. The molecule has 0 atom stereocenters. The van der Waals surface area contributed by atoms with Crippen LogP contribution >= 0.6 is 15.9 Å². The van der Waals surface area contributed by atoms with Crippen LogP contribution in [0, 0.1) is 0 Å². The van der Waals surface area contributed by atoms with E-state index in [1.807, 2.05) is 17.7 Å². The second-order valence-corrected chi connectivity index (χ2v) is 5.08. The third-order valence-corrected chi connectivity index (χ3v) is 3.26. The van der Waals surface area contributed by atoms with Gasteiger partial charge in [0, 0.05) is 22.9 Å². The van der Waals surface area contributed by atoms with Gasteiger partial charge in [-0.3, -0.25) is 4.79 Å². The number of benzene rings is 1. The van der Waals surface area contributed by atoms with Crippen LogP contribution in [0.25, 0.3) is 0 Å². The van der Waals surface area contributed by atoms with Crippen LogP contribution in [0.1, 0.15) is 27.8 Å². The summed E-state index contributed by atoms with van der Waals surface area (Å²) >= 11 is 3.23. The van der Waals surface area contributed by atoms with Crippen LogP contribution in [0.5, 0.6) is 0 Å². The van der Waals surface area contributed by atoms with Gasteiger partial charge in [0.15, 0.2) is 0 Å². The lowest BCUT2D eigenvalue weighted by molar-refractivity contribution is 0.0696. The average molecular weight is 337 g/mol. The number of rotatable bonds is 4. The Bertz CT molecular complexity index is 664. The summed E-state index contributed by atoms with van der Waals surface area (Å²) in [7, 11) is 0. The van der Waals surface area contributed by atoms with Gasteiger partial charge >= 0.3 is 5.97 Å². The number of anilines is 1. The number of carboxylic acids is 1. The first-order valence-electron chi connectivity index (χ1n) is 6.01. The summed E-state index contributed by atoms with van der Waals surface area (Å²) in [5.41, 5.74) is 1.08. The van der Waals surface area contributed by atoms with Crippen molar-refractivity contribution in [2.45, 2.75) is 13.5 Å². The molecule has 0 unspecified atom stereocenters. The lowest BCUT2D eigenvalue weighted by atomic mass is 10.2. The molecule has 0 fully saturated rings. The van der Waals surface area contributed by atoms with E-state index in [4.69, 9.17) is 5.11 Å². The molecule has 0 spiro atoms. The molecule has 104 valence electrons. The number of nitrogens with one attached hydrogen (secondary N) is 1. The molecule has 0 saturated carbocycles. The average Bonchev–Trinajstić information content (AvgIpc) is 2.86. The summed E-state index contributed by atoms with van der Waals surface area (Å²) in [6.07, 6.45) is 1.82. The van der Waals surface area contributed by atoms with Gasteiger partial charge in [-0.25, -0.2) is 4.79 Å². The molecule has 2 N–H and O–H groups in total. The summed E-state index contributed by atoms with van der Waals surface area (Å²) in [5.74, 6) is -1.31. The SMILES string of the molecule is CCn1cccc1C(=O)Nc1cc(Br)cc(C(=O)O)c1. The molecule has 0 radical (unpaired) electrons. The van der Waals surface area contributed by atoms with E-state index in [2.05, 4.69) is 21.2 Å². The van der Waals surface area contributed by atoms with Crippen LogP contribution in [-0.2, 0) is 6.54 Å². The maximum absolute atomic E-state index is 12.2. The maximum Gasteiger partial charge on any atom is 0.335 e. The number of amides is 1. The fourth-order valence-corrected chi connectivity index (χ4v) is 2.37. The summed E-state index contributed by atoms with van der Waals surface area (Å²) < 4.78 is 2.41. The number of halogens is 1. The van der Waals surface area contributed by atoms with Crippen molar-refractivity contribution < 1.29 is 14.7 Å². The number of aromatic carboxylic acids is 1. The zero-order valence-electron chi connectivity index (χ0n) is 10.8. The molecule has 1 amide bonds. The molecule has 1 heterocycles. The normalized spacial score (nSPS) is 10.3. The minimum absolute atomic E-state index is 0.112. The lowest BCUT2D eigenvalue weighted by Crippen LogP contribution is -2.16. The number of carboxylic acid groups (broad SMARTS) is 1. The van der Waals surface area contributed by atoms with E-state index in [0.717, 1.165) is 0 Å². The van der Waals surface area contributed by atoms with Crippen molar-refractivity contribution in [1.29, 1.82) is 0 Å². The highest BCUT2D eigenvalue weighted by molar-refractivity contribution is 9.10. The Balaban J connectivity index is 2.26. The molecular weight excluding hydrogens is 324 g/mol. The minimum atomic E-state index is -1.04. The van der Waals surface area contributed by atoms with E-state index in [1.165, 1.54) is 12.1 Å². The van der Waals surface area contributed by atoms with E-state index in [0.29, 0.717) is 22.4 Å². The Morgan fingerprint density at radius 1 is 1.35 bits per heavy atom. The number of carbonyl (C=O) groups excluding carboxylic acids is 1. The number of nitrogens with zero attached hydrogens (tertiary/aromatic N) is 1. The predicted octanol–water partition coefficient (Wildman–Crippen LogP) is 3.22. The monoisotopic (exact) mass is 336 g/mol. The Hall–Kier alpha value is -2.08. The molecule has 1 aromatic carbocycles. The first kappa shape index (κ1) is 14.3. The highest BCUT2D eigenvalue weighted by Crippen LogP contribution is 2.20. The molecule has 0 aliphatic heterocycles. The lowest BCUT2D eigenvalue weighted by Gasteiger charge is -2.09. The molecule has 2 rings (SSSR count). The van der Waals surface area contributed by atoms with E-state index in [-0.39, 0.29) is 11.5 Å². The fourth-order valence-electron chi connectivity index (χ4n) is 1.88. The van der Waals surface area contributed by atoms with Crippen molar-refractivity contribution in [2.24, 2.45) is 0 Å². The molecule has 2 aromatic rings. The second-order valence-electron chi connectivity index (χ2n) is 4.17. The van der Waals surface area contributed by atoms with E-state index >= 15 is 0 Å². The highest BCUT2D eigenvalue weighted by atomic mass is 79.9. The van der Waals surface area contributed by atoms with Gasteiger partial charge in [-0.2, -0.15) is 0 Å². The molecule has 6 heteroatoms. The van der Waals surface area contributed by atoms with Crippen LogP contribution in [0.4, 0.5) is 5.69 Å². The van der Waals surface area contributed by atoms with Crippen LogP contribution in [0.2, 0.25) is 0 Å². The Morgan fingerprint density at radius 3 is 2.75 bits per heavy atom. The Kier molecular flexibility index (Phi) is 4.24. The van der Waals surface area contributed by atoms with Gasteiger partial charge in [0.1, 0.15) is 5.69 Å². The van der Waals surface area contributed by atoms with Gasteiger partial charge in [0.05, 0.1) is 5.56 Å². The first-order chi connectivity index (χ1) is 9.51. The first-order valence-corrected chi connectivity index (χ1v) is 6.81. The van der Waals surface area contributed by atoms with Crippen LogP contribution in [0.3, 0.4) is 0 Å². The van der Waals surface area contributed by atoms with Gasteiger partial charge < -0.3 is 15.0 Å². The maximum atomic E-state index is 12.2. The van der Waals surface area contributed by atoms with Crippen molar-refractivity contribution >= 4 is 33.5 Å². The van der Waals surface area contributed by atoms with Crippen LogP contribution < -0.4 is 5.32 Å². The molecule has 0 aliphatic rings. The molecule has 20 heavy (non-hydrogen) atoms. The van der Waals surface area contributed by atoms with Gasteiger partial charge in [-0.1, -0.05) is 15.9 Å². The number of aryl methyl sites for hydroxylation is 1. The van der Waals surface area contributed by atoms with Crippen LogP contribution in [-0.4, -0.2) is 21.6 Å². The Labute approximate surface area is 124 Å². The molecule has 0 saturated heterocycles. The van der Waals surface area contributed by atoms with Crippen LogP contribution in [0.15, 0.2) is 41.0 Å². The largest absolute Gasteiger partial charge is 0.478 e. The predicted molar refractivity (Wildman–Crippen MR) is 79.2 cm³/mol. The van der Waals surface area contributed by atoms with E-state index < -0.39 is 5.97 Å². The summed E-state index contributed by atoms with van der Waals surface area (Å²) in [6.45, 7) is 2.63. The van der Waals surface area contributed by atoms with Gasteiger partial charge in [0.2, 0.25) is 0 Å². The van der Waals surface area contributed by atoms with E-state index in [1.54, 1.807) is 18.2 Å². The van der Waals surface area contributed by atoms with Crippen molar-refractivity contribution in [1.82, 2.24) is 4.57 Å². The van der Waals surface area contributed by atoms with Gasteiger partial charge in [-0.05, 0) is 37.3 Å². The zero-order chi connectivity index (χ0) is 14.7. The number of carbonyl (C=O) groups is 2. The quantitative estimate of drug-likeness (QED) is 0.900. The number of aromatic nitrogens is 1. The smallest absolute Gasteiger partial charge is 0.335 e. The minimum Gasteiger partial charge on any atom is -0.478 e. The third kappa shape index (κ3) is 3.08. The van der Waals surface area contributed by atoms with Crippen molar-refractivity contribution in [2.75, 3.05) is 5.32 Å². The van der Waals surface area contributed by atoms with E-state index in [9.17, 15) is 9.59 Å².